The lowest BCUT2D eigenvalue weighted by molar-refractivity contribution is 0.0289. The Labute approximate surface area is 275 Å². The van der Waals surface area contributed by atoms with Gasteiger partial charge in [-0.15, -0.1) is 0 Å². The van der Waals surface area contributed by atoms with Crippen LogP contribution in [0, 0.1) is 35.5 Å². The summed E-state index contributed by atoms with van der Waals surface area (Å²) in [6, 6.07) is 12.3. The van der Waals surface area contributed by atoms with E-state index in [2.05, 4.69) is 21.1 Å². The van der Waals surface area contributed by atoms with Gasteiger partial charge in [0, 0.05) is 59.1 Å². The molecule has 0 aromatic heterocycles. The van der Waals surface area contributed by atoms with Crippen LogP contribution in [0.5, 0.6) is 11.5 Å². The number of hydrogen-bond donors (Lipinski definition) is 2. The fourth-order valence-electron chi connectivity index (χ4n) is 6.93. The van der Waals surface area contributed by atoms with Crippen molar-refractivity contribution in [2.45, 2.75) is 46.2 Å². The van der Waals surface area contributed by atoms with Crippen LogP contribution in [0.2, 0.25) is 0 Å². The van der Waals surface area contributed by atoms with E-state index in [9.17, 15) is 27.2 Å². The molecular weight excluding hydrogens is 682 g/mol. The van der Waals surface area contributed by atoms with E-state index in [1.54, 1.807) is 24.3 Å². The lowest BCUT2D eigenvalue weighted by atomic mass is 9.86. The smallest absolute Gasteiger partial charge is 0.271 e. The quantitative estimate of drug-likeness (QED) is 0.127. The molecule has 4 bridgehead atoms. The third-order valence-electron chi connectivity index (χ3n) is 9.40. The molecule has 4 aliphatic carbocycles. The third-order valence-corrected chi connectivity index (χ3v) is 11.9. The number of amides is 2. The summed E-state index contributed by atoms with van der Waals surface area (Å²) >= 11 is 22.9. The maximum absolute atomic E-state index is 14.6. The molecule has 0 saturated heterocycles. The molecule has 0 spiro atoms. The van der Waals surface area contributed by atoms with E-state index >= 15 is 0 Å². The Morgan fingerprint density at radius 2 is 1.00 bits per heavy atom. The van der Waals surface area contributed by atoms with Gasteiger partial charge in [0.15, 0.2) is 0 Å². The number of carbonyl (C=O) groups is 2. The topological polar surface area (TPSA) is 92.1 Å². The Bertz CT molecular complexity index is 1430. The number of rotatable bonds is 8. The summed E-state index contributed by atoms with van der Waals surface area (Å²) in [5.74, 6) is -4.24. The summed E-state index contributed by atoms with van der Waals surface area (Å²) in [6.45, 7) is 0. The van der Waals surface area contributed by atoms with Crippen molar-refractivity contribution >= 4 is 70.6 Å². The highest BCUT2D eigenvalue weighted by atomic mass is 35.5. The minimum Gasteiger partial charge on any atom is -0.457 e. The van der Waals surface area contributed by atoms with Gasteiger partial charge in [-0.2, -0.15) is 10.2 Å². The Hall–Kier alpha value is -2.60. The molecular formula is C30H26Cl4F4N4O3. The number of alkyl halides is 8. The SMILES string of the molecule is O=C(N/N=C\[C@@H]1C[C@H]2C[C@H]1[C@](F)(Cl)[C@]2(F)Cl)c1ccc(Oc2ccc(C(=O)N/N=C\[C@@H]3C[C@H]4C[C@H]3[C@@](F)(Cl)[C@@]4(F)Cl)cc2)cc1. The standard InChI is InChI=1S/C30H26Cl4F4N4O3/c31-27(35)19-9-17(23(11-19)29(27,33)37)13-39-41-25(43)15-1-5-21(6-2-15)45-22-7-3-16(4-8-22)26(44)42-40-14-18-10-20-12-24(18)30(34,38)28(20,32)36/h1-8,13-14,17-20,23-24H,9-12H2,(H,41,43)(H,42,44)/b39-13-,40-14-/t17-,18-,19-,20-,23+,24+,27-,28+,29+,30-/m0/s1. The minimum absolute atomic E-state index is 0.204. The van der Waals surface area contributed by atoms with Gasteiger partial charge in [-0.3, -0.25) is 9.59 Å². The fraction of sp³-hybridized carbons (Fsp3) is 0.467. The molecule has 10 atom stereocenters. The van der Waals surface area contributed by atoms with Crippen molar-refractivity contribution < 1.29 is 31.9 Å². The average molecular weight is 708 g/mol. The zero-order valence-corrected chi connectivity index (χ0v) is 26.2. The fourth-order valence-corrected chi connectivity index (χ4v) is 8.38. The highest BCUT2D eigenvalue weighted by Gasteiger charge is 2.72. The molecule has 45 heavy (non-hydrogen) atoms. The number of hydrazone groups is 2. The van der Waals surface area contributed by atoms with Crippen LogP contribution in [-0.4, -0.2) is 44.8 Å². The van der Waals surface area contributed by atoms with Crippen LogP contribution in [0.4, 0.5) is 17.6 Å². The molecule has 6 rings (SSSR count). The summed E-state index contributed by atoms with van der Waals surface area (Å²) < 4.78 is 63.8. The highest BCUT2D eigenvalue weighted by Crippen LogP contribution is 2.67. The minimum atomic E-state index is -2.69. The van der Waals surface area contributed by atoms with Gasteiger partial charge in [0.05, 0.1) is 0 Å². The number of ether oxygens (including phenoxy) is 1. The van der Waals surface area contributed by atoms with Crippen molar-refractivity contribution in [1.29, 1.82) is 0 Å². The van der Waals surface area contributed by atoms with Crippen molar-refractivity contribution in [3.8, 4) is 11.5 Å². The van der Waals surface area contributed by atoms with Crippen LogP contribution in [0.15, 0.2) is 58.7 Å². The first-order chi connectivity index (χ1) is 21.1. The van der Waals surface area contributed by atoms with E-state index in [4.69, 9.17) is 51.1 Å². The monoisotopic (exact) mass is 706 g/mol. The van der Waals surface area contributed by atoms with Crippen LogP contribution < -0.4 is 15.6 Å². The van der Waals surface area contributed by atoms with Gasteiger partial charge in [-0.25, -0.2) is 28.4 Å². The molecule has 2 aromatic carbocycles. The second kappa shape index (κ2) is 11.6. The molecule has 2 aromatic rings. The maximum atomic E-state index is 14.6. The van der Waals surface area contributed by atoms with Gasteiger partial charge in [-0.05, 0) is 74.2 Å². The van der Waals surface area contributed by atoms with Crippen LogP contribution in [-0.2, 0) is 0 Å². The highest BCUT2D eigenvalue weighted by molar-refractivity contribution is 6.34. The molecule has 4 fully saturated rings. The molecule has 15 heteroatoms. The first kappa shape index (κ1) is 32.3. The summed E-state index contributed by atoms with van der Waals surface area (Å²) in [5.41, 5.74) is 5.30. The molecule has 2 N–H and O–H groups in total. The number of hydrogen-bond acceptors (Lipinski definition) is 5. The molecule has 7 nitrogen and oxygen atoms in total. The van der Waals surface area contributed by atoms with E-state index in [0.29, 0.717) is 11.5 Å². The number of nitrogens with one attached hydrogen (secondary N) is 2. The second-order valence-corrected chi connectivity index (χ2v) is 14.2. The van der Waals surface area contributed by atoms with Gasteiger partial charge in [0.2, 0.25) is 20.5 Å². The van der Waals surface area contributed by atoms with Crippen molar-refractivity contribution in [2.24, 2.45) is 45.7 Å². The predicted octanol–water partition coefficient (Wildman–Crippen LogP) is 7.84. The van der Waals surface area contributed by atoms with Crippen LogP contribution in [0.3, 0.4) is 0 Å². The van der Waals surface area contributed by atoms with Crippen LogP contribution in [0.1, 0.15) is 46.4 Å². The average Bonchev–Trinajstić information content (AvgIpc) is 3.70. The van der Waals surface area contributed by atoms with Crippen molar-refractivity contribution in [2.75, 3.05) is 0 Å². The Morgan fingerprint density at radius 3 is 1.31 bits per heavy atom. The number of benzene rings is 2. The zero-order chi connectivity index (χ0) is 32.4. The lowest BCUT2D eigenvalue weighted by Gasteiger charge is -2.36. The molecule has 2 amide bonds. The molecule has 0 heterocycles. The van der Waals surface area contributed by atoms with Crippen molar-refractivity contribution in [3.63, 3.8) is 0 Å². The van der Waals surface area contributed by atoms with Gasteiger partial charge in [0.1, 0.15) is 11.5 Å². The Balaban J connectivity index is 0.967. The normalized spacial score (nSPS) is 40.0. The van der Waals surface area contributed by atoms with Gasteiger partial charge in [-0.1, -0.05) is 46.4 Å². The van der Waals surface area contributed by atoms with Crippen LogP contribution >= 0.6 is 46.4 Å². The van der Waals surface area contributed by atoms with E-state index < -0.39 is 67.8 Å². The molecule has 4 aliphatic rings. The summed E-state index contributed by atoms with van der Waals surface area (Å²) in [7, 11) is 0. The molecule has 0 aliphatic heterocycles. The number of fused-ring (bicyclic) bond motifs is 4. The predicted molar refractivity (Wildman–Crippen MR) is 163 cm³/mol. The number of nitrogens with zero attached hydrogens (tertiary/aromatic N) is 2. The van der Waals surface area contributed by atoms with Gasteiger partial charge >= 0.3 is 0 Å². The summed E-state index contributed by atoms with van der Waals surface area (Å²) in [5, 5.41) is -2.81. The summed E-state index contributed by atoms with van der Waals surface area (Å²) in [4.78, 5) is 25.0. The van der Waals surface area contributed by atoms with Gasteiger partial charge < -0.3 is 4.74 Å². The van der Waals surface area contributed by atoms with E-state index in [1.165, 1.54) is 36.7 Å². The first-order valence-electron chi connectivity index (χ1n) is 14.2. The number of carbonyl (C=O) groups excluding carboxylic acids is 2. The molecule has 0 radical (unpaired) electrons. The van der Waals surface area contributed by atoms with Crippen molar-refractivity contribution in [3.05, 3.63) is 59.7 Å². The van der Waals surface area contributed by atoms with E-state index in [0.717, 1.165) is 0 Å². The zero-order valence-electron chi connectivity index (χ0n) is 23.2. The number of halogens is 8. The largest absolute Gasteiger partial charge is 0.457 e. The first-order valence-corrected chi connectivity index (χ1v) is 15.7. The second-order valence-electron chi connectivity index (χ2n) is 12.0. The van der Waals surface area contributed by atoms with Gasteiger partial charge in [0.25, 0.3) is 11.8 Å². The molecule has 0 unspecified atom stereocenters. The van der Waals surface area contributed by atoms with E-state index in [-0.39, 0.29) is 36.8 Å². The molecule has 4 saturated carbocycles. The van der Waals surface area contributed by atoms with Crippen molar-refractivity contribution in [1.82, 2.24) is 10.9 Å². The summed E-state index contributed by atoms with van der Waals surface area (Å²) in [6.07, 6.45) is 3.71. The Morgan fingerprint density at radius 1 is 0.644 bits per heavy atom. The Kier molecular flexibility index (Phi) is 8.32. The maximum Gasteiger partial charge on any atom is 0.271 e. The van der Waals surface area contributed by atoms with E-state index in [1.807, 2.05) is 0 Å². The lowest BCUT2D eigenvalue weighted by Crippen LogP contribution is -2.47. The van der Waals surface area contributed by atoms with Crippen LogP contribution in [0.25, 0.3) is 0 Å². The third kappa shape index (κ3) is 5.57. The molecule has 240 valence electrons.